The van der Waals surface area contributed by atoms with Gasteiger partial charge in [0, 0.05) is 0 Å². The van der Waals surface area contributed by atoms with Crippen molar-refractivity contribution in [3.05, 3.63) is 119 Å². The van der Waals surface area contributed by atoms with Gasteiger partial charge >= 0.3 is 11.9 Å². The first-order valence-electron chi connectivity index (χ1n) is 17.2. The highest BCUT2D eigenvalue weighted by Gasteiger charge is 2.83. The predicted molar refractivity (Wildman–Crippen MR) is 210 cm³/mol. The maximum absolute atomic E-state index is 14.5. The van der Waals surface area contributed by atoms with Crippen molar-refractivity contribution in [2.75, 3.05) is 0 Å². The van der Waals surface area contributed by atoms with Crippen molar-refractivity contribution in [1.29, 1.82) is 0 Å². The third-order valence-electron chi connectivity index (χ3n) is 9.32. The fourth-order valence-electron chi connectivity index (χ4n) is 5.86. The average Bonchev–Trinajstić information content (AvgIpc) is 3.23. The van der Waals surface area contributed by atoms with Crippen molar-refractivity contribution >= 4 is 59.4 Å². The Balaban J connectivity index is 2.15. The van der Waals surface area contributed by atoms with Crippen LogP contribution in [0.15, 0.2) is 97.1 Å². The van der Waals surface area contributed by atoms with Crippen molar-refractivity contribution in [2.45, 2.75) is 22.4 Å². The van der Waals surface area contributed by atoms with Crippen LogP contribution >= 0.6 is 0 Å². The molecule has 0 aliphatic heterocycles. The molecule has 0 heterocycles. The third-order valence-corrected chi connectivity index (χ3v) is 9.32. The second-order valence-corrected chi connectivity index (χ2v) is 13.2. The zero-order valence-electron chi connectivity index (χ0n) is 31.3. The number of aliphatic hydroxyl groups is 4. The Bertz CT molecular complexity index is 2440. The topological polar surface area (TPSA) is 386 Å². The molecular formula is C42H34O20. The molecule has 0 saturated carbocycles. The van der Waals surface area contributed by atoms with E-state index in [0.29, 0.717) is 24.3 Å². The highest BCUT2D eigenvalue weighted by Crippen LogP contribution is 2.45. The molecule has 322 valence electrons. The number of carboxylic acid groups (broad SMARTS) is 2. The molecule has 0 aliphatic rings. The maximum Gasteiger partial charge on any atom is 0.347 e. The first-order chi connectivity index (χ1) is 28.9. The van der Waals surface area contributed by atoms with Crippen LogP contribution in [0.5, 0.6) is 46.0 Å². The molecule has 0 amide bonds. The van der Waals surface area contributed by atoms with Crippen LogP contribution in [0, 0.1) is 0 Å². The zero-order valence-corrected chi connectivity index (χ0v) is 31.3. The second-order valence-electron chi connectivity index (χ2n) is 13.2. The number of benzene rings is 4. The van der Waals surface area contributed by atoms with Gasteiger partial charge in [0.2, 0.25) is 22.8 Å². The number of phenols is 8. The van der Waals surface area contributed by atoms with E-state index >= 15 is 0 Å². The van der Waals surface area contributed by atoms with Gasteiger partial charge in [-0.05, 0) is 95.1 Å². The van der Waals surface area contributed by atoms with Crippen LogP contribution in [0.3, 0.4) is 0 Å². The molecule has 0 aliphatic carbocycles. The lowest BCUT2D eigenvalue weighted by Gasteiger charge is -2.50. The van der Waals surface area contributed by atoms with E-state index in [9.17, 15) is 100 Å². The van der Waals surface area contributed by atoms with Gasteiger partial charge in [0.05, 0.1) is 0 Å². The standard InChI is InChI=1S/C42H34O20/c43-25-9-1-21(17-29(25)47)5-13-33(51)39(59,37(55)56)41(61,35(53)15-7-23-3-11-27(45)31(49)19-23)42(62,36(54)16-8-24-4-12-28(46)32(50)20-24)40(60,38(57)58)34(52)14-6-22-2-10-26(44)30(48)18-22/h1-20,43-50,59-62H,(H,55,56)(H,57,58)/b13-5+,14-6+,15-7+,16-8+/t39-,40+,41-,42-/m1/s1. The Hall–Kier alpha value is -8.30. The van der Waals surface area contributed by atoms with E-state index in [1.54, 1.807) is 0 Å². The van der Waals surface area contributed by atoms with Crippen LogP contribution in [0.4, 0.5) is 0 Å². The number of hydrogen-bond donors (Lipinski definition) is 14. The molecule has 0 fully saturated rings. The Morgan fingerprint density at radius 1 is 0.339 bits per heavy atom. The van der Waals surface area contributed by atoms with E-state index < -0.39 is 103 Å². The number of hydrogen-bond acceptors (Lipinski definition) is 18. The minimum atomic E-state index is -5.29. The van der Waals surface area contributed by atoms with E-state index in [4.69, 9.17) is 0 Å². The predicted octanol–water partition coefficient (Wildman–Crippen LogP) is 0.855. The Kier molecular flexibility index (Phi) is 13.1. The van der Waals surface area contributed by atoms with Crippen molar-refractivity contribution < 1.29 is 100 Å². The minimum absolute atomic E-state index is 0.0243. The summed E-state index contributed by atoms with van der Waals surface area (Å²) in [4.78, 5) is 83.3. The van der Waals surface area contributed by atoms with E-state index in [1.807, 2.05) is 0 Å². The molecule has 4 rings (SSSR count). The molecule has 0 radical (unpaired) electrons. The average molecular weight is 859 g/mol. The number of rotatable bonds is 17. The molecule has 62 heavy (non-hydrogen) atoms. The second kappa shape index (κ2) is 17.5. The summed E-state index contributed by atoms with van der Waals surface area (Å²) in [6.07, 6.45) is 2.50. The molecule has 4 aromatic carbocycles. The number of aromatic hydroxyl groups is 8. The summed E-state index contributed by atoms with van der Waals surface area (Å²) in [6, 6.07) is 10.4. The molecule has 14 N–H and O–H groups in total. The van der Waals surface area contributed by atoms with Gasteiger partial charge in [-0.2, -0.15) is 0 Å². The molecule has 4 atom stereocenters. The van der Waals surface area contributed by atoms with Gasteiger partial charge in [0.15, 0.2) is 57.6 Å². The van der Waals surface area contributed by atoms with E-state index in [1.165, 1.54) is 0 Å². The van der Waals surface area contributed by atoms with E-state index in [-0.39, 0.29) is 46.6 Å². The van der Waals surface area contributed by atoms with E-state index in [0.717, 1.165) is 72.8 Å². The Morgan fingerprint density at radius 2 is 0.548 bits per heavy atom. The monoisotopic (exact) mass is 858 g/mol. The SMILES string of the molecule is O=C(O)[C@@](O)(C(=O)/C=C/c1ccc(O)c(O)c1)[C@](O)(C(=O)/C=C/c1ccc(O)c(O)c1)[C@@](O)(C(=O)/C=C/c1ccc(O)c(O)c1)[C@](O)(C(=O)O)C(=O)/C=C/c1ccc(O)c(O)c1. The largest absolute Gasteiger partial charge is 0.504 e. The summed E-state index contributed by atoms with van der Waals surface area (Å²) < 4.78 is 0. The molecule has 20 nitrogen and oxygen atoms in total. The van der Waals surface area contributed by atoms with Crippen molar-refractivity contribution in [2.24, 2.45) is 0 Å². The first-order valence-corrected chi connectivity index (χ1v) is 17.2. The number of phenolic OH excluding ortho intramolecular Hbond substituents is 8. The molecular weight excluding hydrogens is 824 g/mol. The summed E-state index contributed by atoms with van der Waals surface area (Å²) in [5.74, 6) is -22.0. The lowest BCUT2D eigenvalue weighted by atomic mass is 9.57. The van der Waals surface area contributed by atoms with E-state index in [2.05, 4.69) is 0 Å². The molecule has 0 unspecified atom stereocenters. The molecule has 0 saturated heterocycles. The van der Waals surface area contributed by atoms with Gasteiger partial charge in [-0.15, -0.1) is 0 Å². The Morgan fingerprint density at radius 3 is 0.742 bits per heavy atom. The lowest BCUT2D eigenvalue weighted by Crippen LogP contribution is -2.86. The summed E-state index contributed by atoms with van der Waals surface area (Å²) >= 11 is 0. The summed E-state index contributed by atoms with van der Waals surface area (Å²) in [7, 11) is 0. The van der Waals surface area contributed by atoms with Crippen molar-refractivity contribution in [1.82, 2.24) is 0 Å². The third kappa shape index (κ3) is 8.28. The molecule has 0 bridgehead atoms. The fraction of sp³-hybridized carbons (Fsp3) is 0.0952. The van der Waals surface area contributed by atoms with Gasteiger partial charge in [0.25, 0.3) is 11.2 Å². The summed E-state index contributed by atoms with van der Waals surface area (Å²) in [6.45, 7) is 0. The smallest absolute Gasteiger partial charge is 0.347 e. The number of aliphatic carboxylic acids is 2. The quantitative estimate of drug-likeness (QED) is 0.0397. The lowest BCUT2D eigenvalue weighted by molar-refractivity contribution is -0.261. The van der Waals surface area contributed by atoms with Crippen molar-refractivity contribution in [3.63, 3.8) is 0 Å². The van der Waals surface area contributed by atoms with Crippen LogP contribution in [0.1, 0.15) is 22.3 Å². The van der Waals surface area contributed by atoms with Crippen LogP contribution in [-0.2, 0) is 28.8 Å². The number of carbonyl (C=O) groups excluding carboxylic acids is 4. The fourth-order valence-corrected chi connectivity index (χ4v) is 5.86. The highest BCUT2D eigenvalue weighted by molar-refractivity contribution is 6.27. The molecule has 20 heteroatoms. The van der Waals surface area contributed by atoms with Crippen LogP contribution in [0.25, 0.3) is 24.3 Å². The molecule has 0 spiro atoms. The maximum atomic E-state index is 14.5. The van der Waals surface area contributed by atoms with Gasteiger partial charge < -0.3 is 71.5 Å². The number of carbonyl (C=O) groups is 6. The van der Waals surface area contributed by atoms with Gasteiger partial charge in [0.1, 0.15) is 0 Å². The molecule has 4 aromatic rings. The van der Waals surface area contributed by atoms with Crippen LogP contribution in [0.2, 0.25) is 0 Å². The van der Waals surface area contributed by atoms with Crippen LogP contribution in [-0.4, -0.2) is 129 Å². The summed E-state index contributed by atoms with van der Waals surface area (Å²) in [5, 5.41) is 149. The number of ketones is 4. The normalized spacial score (nSPS) is 15.7. The zero-order chi connectivity index (χ0) is 46.5. The Labute approximate surface area is 347 Å². The minimum Gasteiger partial charge on any atom is -0.504 e. The number of carboxylic acids is 2. The van der Waals surface area contributed by atoms with Crippen molar-refractivity contribution in [3.8, 4) is 46.0 Å². The first kappa shape index (κ1) is 46.4. The summed E-state index contributed by atoms with van der Waals surface area (Å²) in [5.41, 5.74) is -21.8. The van der Waals surface area contributed by atoms with Gasteiger partial charge in [-0.1, -0.05) is 48.6 Å². The highest BCUT2D eigenvalue weighted by atomic mass is 16.5. The molecule has 0 aromatic heterocycles. The van der Waals surface area contributed by atoms with Gasteiger partial charge in [-0.25, -0.2) is 9.59 Å². The van der Waals surface area contributed by atoms with Gasteiger partial charge in [-0.3, -0.25) is 19.2 Å². The van der Waals surface area contributed by atoms with Crippen LogP contribution < -0.4 is 0 Å².